The van der Waals surface area contributed by atoms with Gasteiger partial charge in [-0.15, -0.1) is 5.10 Å². The lowest BCUT2D eigenvalue weighted by Crippen LogP contribution is -2.25. The average Bonchev–Trinajstić information content (AvgIpc) is 3.03. The molecule has 0 saturated heterocycles. The molecule has 1 N–H and O–H groups in total. The van der Waals surface area contributed by atoms with Crippen LogP contribution in [0.1, 0.15) is 63.9 Å². The van der Waals surface area contributed by atoms with Gasteiger partial charge in [-0.05, 0) is 41.3 Å². The third-order valence-electron chi connectivity index (χ3n) is 4.48. The Balaban J connectivity index is 1.84. The third-order valence-corrected chi connectivity index (χ3v) is 4.48. The molecule has 0 bridgehead atoms. The van der Waals surface area contributed by atoms with Crippen molar-refractivity contribution in [1.29, 1.82) is 0 Å². The Hall–Kier alpha value is -1.91. The van der Waals surface area contributed by atoms with E-state index in [9.17, 15) is 0 Å². The lowest BCUT2D eigenvalue weighted by molar-refractivity contribution is 0.308. The molecule has 1 fully saturated rings. The molecular weight excluding hydrogens is 274 g/mol. The van der Waals surface area contributed by atoms with Gasteiger partial charge in [-0.2, -0.15) is 0 Å². The number of aromatic nitrogens is 4. The number of tetrazole rings is 1. The van der Waals surface area contributed by atoms with Crippen LogP contribution in [0, 0.1) is 5.92 Å². The summed E-state index contributed by atoms with van der Waals surface area (Å²) in [6, 6.07) is 10.9. The topological polar surface area (TPSA) is 55.6 Å². The van der Waals surface area contributed by atoms with Crippen LogP contribution < -0.4 is 5.32 Å². The van der Waals surface area contributed by atoms with Gasteiger partial charge in [-0.3, -0.25) is 0 Å². The highest BCUT2D eigenvalue weighted by molar-refractivity contribution is 5.44. The first-order valence-electron chi connectivity index (χ1n) is 8.35. The molecule has 2 aromatic rings. The zero-order chi connectivity index (χ0) is 15.4. The van der Waals surface area contributed by atoms with Crippen molar-refractivity contribution in [3.8, 4) is 0 Å². The fraction of sp³-hybridized carbons (Fsp3) is 0.588. The Morgan fingerprint density at radius 3 is 2.50 bits per heavy atom. The molecule has 22 heavy (non-hydrogen) atoms. The number of para-hydroxylation sites is 1. The maximum absolute atomic E-state index is 4.35. The Kier molecular flexibility index (Phi) is 4.71. The second-order valence-electron chi connectivity index (χ2n) is 6.51. The van der Waals surface area contributed by atoms with Crippen molar-refractivity contribution >= 4 is 5.69 Å². The van der Waals surface area contributed by atoms with Crippen LogP contribution in [0.25, 0.3) is 0 Å². The largest absolute Gasteiger partial charge is 0.375 e. The van der Waals surface area contributed by atoms with Gasteiger partial charge in [-0.25, -0.2) is 4.68 Å². The molecule has 1 atom stereocenters. The summed E-state index contributed by atoms with van der Waals surface area (Å²) < 4.78 is 2.07. The lowest BCUT2D eigenvalue weighted by atomic mass is 9.95. The van der Waals surface area contributed by atoms with Crippen molar-refractivity contribution in [3.63, 3.8) is 0 Å². The van der Waals surface area contributed by atoms with Crippen LogP contribution in [-0.2, 0) is 0 Å². The smallest absolute Gasteiger partial charge is 0.174 e. The number of hydrogen-bond donors (Lipinski definition) is 1. The van der Waals surface area contributed by atoms with Crippen LogP contribution in [0.4, 0.5) is 5.69 Å². The van der Waals surface area contributed by atoms with Gasteiger partial charge in [0.05, 0.1) is 12.1 Å². The van der Waals surface area contributed by atoms with E-state index in [-0.39, 0.29) is 6.04 Å². The number of nitrogens with zero attached hydrogens (tertiary/aromatic N) is 4. The summed E-state index contributed by atoms with van der Waals surface area (Å²) in [7, 11) is 0. The molecule has 3 rings (SSSR count). The van der Waals surface area contributed by atoms with Crippen LogP contribution >= 0.6 is 0 Å². The molecule has 0 radical (unpaired) electrons. The Morgan fingerprint density at radius 2 is 1.82 bits per heavy atom. The van der Waals surface area contributed by atoms with E-state index in [2.05, 4.69) is 51.5 Å². The second-order valence-corrected chi connectivity index (χ2v) is 6.51. The SMILES string of the molecule is CC(C)C(Nc1ccccc1)c1nnnn1C1CCCCC1. The fourth-order valence-corrected chi connectivity index (χ4v) is 3.23. The molecule has 1 saturated carbocycles. The molecule has 5 nitrogen and oxygen atoms in total. The van der Waals surface area contributed by atoms with E-state index < -0.39 is 0 Å². The van der Waals surface area contributed by atoms with E-state index in [0.29, 0.717) is 12.0 Å². The van der Waals surface area contributed by atoms with Crippen LogP contribution in [0.2, 0.25) is 0 Å². The molecule has 0 spiro atoms. The minimum Gasteiger partial charge on any atom is -0.375 e. The van der Waals surface area contributed by atoms with Gasteiger partial charge in [0.25, 0.3) is 0 Å². The highest BCUT2D eigenvalue weighted by Gasteiger charge is 2.27. The van der Waals surface area contributed by atoms with Crippen molar-refractivity contribution in [2.75, 3.05) is 5.32 Å². The molecule has 0 amide bonds. The van der Waals surface area contributed by atoms with Crippen molar-refractivity contribution in [3.05, 3.63) is 36.2 Å². The Morgan fingerprint density at radius 1 is 1.09 bits per heavy atom. The third kappa shape index (κ3) is 3.29. The first-order chi connectivity index (χ1) is 10.8. The predicted molar refractivity (Wildman–Crippen MR) is 87.6 cm³/mol. The minimum atomic E-state index is 0.124. The van der Waals surface area contributed by atoms with Gasteiger partial charge < -0.3 is 5.32 Å². The number of benzene rings is 1. The van der Waals surface area contributed by atoms with E-state index in [1.54, 1.807) is 0 Å². The Labute approximate surface area is 132 Å². The summed E-state index contributed by atoms with van der Waals surface area (Å²) >= 11 is 0. The molecular formula is C17H25N5. The van der Waals surface area contributed by atoms with Crippen LogP contribution in [-0.4, -0.2) is 20.2 Å². The van der Waals surface area contributed by atoms with E-state index >= 15 is 0 Å². The van der Waals surface area contributed by atoms with Crippen molar-refractivity contribution < 1.29 is 0 Å². The summed E-state index contributed by atoms with van der Waals surface area (Å²) in [4.78, 5) is 0. The van der Waals surface area contributed by atoms with Gasteiger partial charge in [0.1, 0.15) is 0 Å². The van der Waals surface area contributed by atoms with Gasteiger partial charge in [0.15, 0.2) is 5.82 Å². The van der Waals surface area contributed by atoms with Gasteiger partial charge in [0, 0.05) is 5.69 Å². The standard InChI is InChI=1S/C17H25N5/c1-13(2)16(18-14-9-5-3-6-10-14)17-19-20-21-22(17)15-11-7-4-8-12-15/h3,5-6,9-10,13,15-16,18H,4,7-8,11-12H2,1-2H3. The number of nitrogens with one attached hydrogen (secondary N) is 1. The fourth-order valence-electron chi connectivity index (χ4n) is 3.23. The molecule has 0 aliphatic heterocycles. The lowest BCUT2D eigenvalue weighted by Gasteiger charge is -2.27. The summed E-state index contributed by atoms with van der Waals surface area (Å²) in [5.74, 6) is 1.37. The normalized spacial score (nSPS) is 17.6. The highest BCUT2D eigenvalue weighted by Crippen LogP contribution is 2.31. The highest BCUT2D eigenvalue weighted by atomic mass is 15.6. The van der Waals surface area contributed by atoms with Crippen LogP contribution in [0.3, 0.4) is 0 Å². The molecule has 1 aliphatic carbocycles. The van der Waals surface area contributed by atoms with Gasteiger partial charge >= 0.3 is 0 Å². The minimum absolute atomic E-state index is 0.124. The summed E-state index contributed by atoms with van der Waals surface area (Å²) in [6.45, 7) is 4.42. The van der Waals surface area contributed by atoms with E-state index in [1.807, 2.05) is 18.2 Å². The van der Waals surface area contributed by atoms with Gasteiger partial charge in [-0.1, -0.05) is 51.3 Å². The summed E-state index contributed by atoms with van der Waals surface area (Å²) in [5.41, 5.74) is 1.11. The number of anilines is 1. The molecule has 1 heterocycles. The number of hydrogen-bond acceptors (Lipinski definition) is 4. The zero-order valence-electron chi connectivity index (χ0n) is 13.4. The molecule has 1 aromatic heterocycles. The summed E-state index contributed by atoms with van der Waals surface area (Å²) in [5, 5.41) is 16.2. The molecule has 1 aromatic carbocycles. The molecule has 5 heteroatoms. The van der Waals surface area contributed by atoms with Crippen molar-refractivity contribution in [1.82, 2.24) is 20.2 Å². The molecule has 1 unspecified atom stereocenters. The quantitative estimate of drug-likeness (QED) is 0.907. The van der Waals surface area contributed by atoms with Crippen molar-refractivity contribution in [2.24, 2.45) is 5.92 Å². The molecule has 1 aliphatic rings. The first kappa shape index (κ1) is 15.0. The monoisotopic (exact) mass is 299 g/mol. The van der Waals surface area contributed by atoms with Crippen LogP contribution in [0.5, 0.6) is 0 Å². The first-order valence-corrected chi connectivity index (χ1v) is 8.35. The van der Waals surface area contributed by atoms with E-state index in [0.717, 1.165) is 11.5 Å². The average molecular weight is 299 g/mol. The maximum Gasteiger partial charge on any atom is 0.174 e. The summed E-state index contributed by atoms with van der Waals surface area (Å²) in [6.07, 6.45) is 6.27. The van der Waals surface area contributed by atoms with E-state index in [4.69, 9.17) is 0 Å². The number of rotatable bonds is 5. The van der Waals surface area contributed by atoms with Gasteiger partial charge in [0.2, 0.25) is 0 Å². The zero-order valence-corrected chi connectivity index (χ0v) is 13.4. The maximum atomic E-state index is 4.35. The molecule has 118 valence electrons. The van der Waals surface area contributed by atoms with Crippen molar-refractivity contribution in [2.45, 2.75) is 58.0 Å². The van der Waals surface area contributed by atoms with E-state index in [1.165, 1.54) is 32.1 Å². The predicted octanol–water partition coefficient (Wildman–Crippen LogP) is 3.99. The second kappa shape index (κ2) is 6.90. The Bertz CT molecular complexity index is 572. The van der Waals surface area contributed by atoms with Crippen LogP contribution in [0.15, 0.2) is 30.3 Å².